The number of benzene rings is 1. The largest absolute Gasteiger partial charge is 0.409 e. The van der Waals surface area contributed by atoms with Crippen LogP contribution in [0.1, 0.15) is 26.2 Å². The molecule has 1 aliphatic rings. The highest BCUT2D eigenvalue weighted by Gasteiger charge is 2.44. The molecule has 0 saturated heterocycles. The summed E-state index contributed by atoms with van der Waals surface area (Å²) >= 11 is 0. The number of hydrogen-bond acceptors (Lipinski definition) is 3. The van der Waals surface area contributed by atoms with Crippen molar-refractivity contribution in [1.82, 2.24) is 0 Å². The van der Waals surface area contributed by atoms with E-state index in [-0.39, 0.29) is 17.1 Å². The standard InChI is InChI=1S/C14H20FN3O/c1-2-18(12-6-4-3-5-11(12)15)10-14(7-8-14)9-13(16)17-19/h3-6,19H,2,7-10H2,1H3,(H2,16,17). The first-order valence-corrected chi connectivity index (χ1v) is 6.56. The Morgan fingerprint density at radius 3 is 2.68 bits per heavy atom. The highest BCUT2D eigenvalue weighted by molar-refractivity contribution is 5.80. The molecule has 0 spiro atoms. The van der Waals surface area contributed by atoms with Crippen LogP contribution in [0.3, 0.4) is 0 Å². The smallest absolute Gasteiger partial charge is 0.146 e. The first kappa shape index (κ1) is 13.6. The van der Waals surface area contributed by atoms with Gasteiger partial charge in [0.05, 0.1) is 5.69 Å². The zero-order chi connectivity index (χ0) is 13.9. The summed E-state index contributed by atoms with van der Waals surface area (Å²) in [5.74, 6) is 0.0473. The molecule has 0 aliphatic heterocycles. The first-order chi connectivity index (χ1) is 9.10. The molecule has 2 rings (SSSR count). The molecule has 0 unspecified atom stereocenters. The van der Waals surface area contributed by atoms with E-state index in [4.69, 9.17) is 10.9 Å². The summed E-state index contributed by atoms with van der Waals surface area (Å²) in [6.45, 7) is 3.48. The molecule has 1 fully saturated rings. The van der Waals surface area contributed by atoms with Crippen LogP contribution in [0.15, 0.2) is 29.4 Å². The fourth-order valence-electron chi connectivity index (χ4n) is 2.47. The third-order valence-electron chi connectivity index (χ3n) is 3.74. The Morgan fingerprint density at radius 1 is 1.47 bits per heavy atom. The highest BCUT2D eigenvalue weighted by atomic mass is 19.1. The lowest BCUT2D eigenvalue weighted by atomic mass is 10.0. The molecule has 1 aromatic rings. The van der Waals surface area contributed by atoms with Gasteiger partial charge in [0, 0.05) is 19.5 Å². The van der Waals surface area contributed by atoms with Gasteiger partial charge in [0.2, 0.25) is 0 Å². The van der Waals surface area contributed by atoms with Gasteiger partial charge in [-0.25, -0.2) is 4.39 Å². The van der Waals surface area contributed by atoms with Crippen LogP contribution in [0.2, 0.25) is 0 Å². The Morgan fingerprint density at radius 2 is 2.16 bits per heavy atom. The van der Waals surface area contributed by atoms with Crippen molar-refractivity contribution in [2.75, 3.05) is 18.0 Å². The van der Waals surface area contributed by atoms with E-state index in [1.165, 1.54) is 6.07 Å². The zero-order valence-corrected chi connectivity index (χ0v) is 11.1. The number of halogens is 1. The average Bonchev–Trinajstić information content (AvgIpc) is 3.16. The number of amidine groups is 1. The van der Waals surface area contributed by atoms with Crippen molar-refractivity contribution in [2.24, 2.45) is 16.3 Å². The SMILES string of the molecule is CCN(CC1(CC(N)=NO)CC1)c1ccccc1F. The molecule has 0 radical (unpaired) electrons. The van der Waals surface area contributed by atoms with Crippen LogP contribution in [0.4, 0.5) is 10.1 Å². The maximum absolute atomic E-state index is 13.8. The van der Waals surface area contributed by atoms with Gasteiger partial charge in [-0.1, -0.05) is 17.3 Å². The molecule has 1 aromatic carbocycles. The monoisotopic (exact) mass is 265 g/mol. The average molecular weight is 265 g/mol. The van der Waals surface area contributed by atoms with Crippen LogP contribution < -0.4 is 10.6 Å². The second-order valence-corrected chi connectivity index (χ2v) is 5.23. The summed E-state index contributed by atoms with van der Waals surface area (Å²) in [5, 5.41) is 11.7. The molecular weight excluding hydrogens is 245 g/mol. The Kier molecular flexibility index (Phi) is 3.93. The van der Waals surface area contributed by atoms with Gasteiger partial charge in [-0.2, -0.15) is 0 Å². The van der Waals surface area contributed by atoms with E-state index in [9.17, 15) is 4.39 Å². The van der Waals surface area contributed by atoms with Gasteiger partial charge in [-0.3, -0.25) is 0 Å². The van der Waals surface area contributed by atoms with Crippen LogP contribution in [-0.2, 0) is 0 Å². The van der Waals surface area contributed by atoms with Crippen molar-refractivity contribution in [2.45, 2.75) is 26.2 Å². The molecular formula is C14H20FN3O. The third-order valence-corrected chi connectivity index (χ3v) is 3.74. The minimum absolute atomic E-state index is 0.0363. The van der Waals surface area contributed by atoms with Gasteiger partial charge in [0.25, 0.3) is 0 Å². The molecule has 3 N–H and O–H groups in total. The lowest BCUT2D eigenvalue weighted by Crippen LogP contribution is -2.33. The van der Waals surface area contributed by atoms with E-state index in [0.29, 0.717) is 12.1 Å². The maximum atomic E-state index is 13.8. The summed E-state index contributed by atoms with van der Waals surface area (Å²) in [7, 11) is 0. The number of anilines is 1. The molecule has 0 bridgehead atoms. The normalized spacial score (nSPS) is 17.3. The predicted octanol–water partition coefficient (Wildman–Crippen LogP) is 2.57. The maximum Gasteiger partial charge on any atom is 0.146 e. The Hall–Kier alpha value is -1.78. The summed E-state index contributed by atoms with van der Waals surface area (Å²) in [4.78, 5) is 2.02. The van der Waals surface area contributed by atoms with Crippen LogP contribution in [0.25, 0.3) is 0 Å². The highest BCUT2D eigenvalue weighted by Crippen LogP contribution is 2.49. The van der Waals surface area contributed by atoms with E-state index in [2.05, 4.69) is 5.16 Å². The minimum Gasteiger partial charge on any atom is -0.409 e. The van der Waals surface area contributed by atoms with Crippen molar-refractivity contribution in [3.8, 4) is 0 Å². The molecule has 0 heterocycles. The number of para-hydroxylation sites is 1. The van der Waals surface area contributed by atoms with Crippen LogP contribution in [-0.4, -0.2) is 24.1 Å². The van der Waals surface area contributed by atoms with Gasteiger partial charge in [0.15, 0.2) is 0 Å². The first-order valence-electron chi connectivity index (χ1n) is 6.56. The van der Waals surface area contributed by atoms with Crippen LogP contribution in [0.5, 0.6) is 0 Å². The van der Waals surface area contributed by atoms with E-state index in [1.54, 1.807) is 12.1 Å². The van der Waals surface area contributed by atoms with Gasteiger partial charge in [-0.15, -0.1) is 0 Å². The number of rotatable bonds is 6. The molecule has 0 amide bonds. The number of nitrogens with zero attached hydrogens (tertiary/aromatic N) is 2. The summed E-state index contributed by atoms with van der Waals surface area (Å²) in [5.41, 5.74) is 6.25. The van der Waals surface area contributed by atoms with E-state index in [1.807, 2.05) is 17.9 Å². The van der Waals surface area contributed by atoms with Crippen molar-refractivity contribution in [1.29, 1.82) is 0 Å². The topological polar surface area (TPSA) is 61.8 Å². The van der Waals surface area contributed by atoms with Gasteiger partial charge >= 0.3 is 0 Å². The second kappa shape index (κ2) is 5.47. The number of hydrogen-bond donors (Lipinski definition) is 2. The molecule has 5 heteroatoms. The van der Waals surface area contributed by atoms with E-state index < -0.39 is 0 Å². The summed E-state index contributed by atoms with van der Waals surface area (Å²) < 4.78 is 13.8. The van der Waals surface area contributed by atoms with Crippen molar-refractivity contribution >= 4 is 11.5 Å². The fraction of sp³-hybridized carbons (Fsp3) is 0.500. The van der Waals surface area contributed by atoms with Crippen molar-refractivity contribution < 1.29 is 9.60 Å². The Balaban J connectivity index is 2.10. The van der Waals surface area contributed by atoms with E-state index in [0.717, 1.165) is 25.9 Å². The quantitative estimate of drug-likeness (QED) is 0.359. The zero-order valence-electron chi connectivity index (χ0n) is 11.1. The Labute approximate surface area is 112 Å². The second-order valence-electron chi connectivity index (χ2n) is 5.23. The molecule has 1 saturated carbocycles. The lowest BCUT2D eigenvalue weighted by molar-refractivity contribution is 0.314. The molecule has 4 nitrogen and oxygen atoms in total. The lowest BCUT2D eigenvalue weighted by Gasteiger charge is -2.28. The third kappa shape index (κ3) is 3.16. The fourth-order valence-corrected chi connectivity index (χ4v) is 2.47. The van der Waals surface area contributed by atoms with E-state index >= 15 is 0 Å². The number of nitrogens with two attached hydrogens (primary N) is 1. The predicted molar refractivity (Wildman–Crippen MR) is 74.0 cm³/mol. The van der Waals surface area contributed by atoms with Crippen molar-refractivity contribution in [3.05, 3.63) is 30.1 Å². The van der Waals surface area contributed by atoms with Crippen molar-refractivity contribution in [3.63, 3.8) is 0 Å². The Bertz CT molecular complexity index is 472. The molecule has 19 heavy (non-hydrogen) atoms. The summed E-state index contributed by atoms with van der Waals surface area (Å²) in [6.07, 6.45) is 2.64. The summed E-state index contributed by atoms with van der Waals surface area (Å²) in [6, 6.07) is 6.79. The number of oxime groups is 1. The van der Waals surface area contributed by atoms with Crippen LogP contribution >= 0.6 is 0 Å². The molecule has 0 atom stereocenters. The molecule has 0 aromatic heterocycles. The van der Waals surface area contributed by atoms with Gasteiger partial charge < -0.3 is 15.8 Å². The van der Waals surface area contributed by atoms with Gasteiger partial charge in [-0.05, 0) is 37.3 Å². The minimum atomic E-state index is -0.205. The molecule has 104 valence electrons. The molecule has 1 aliphatic carbocycles. The van der Waals surface area contributed by atoms with Crippen LogP contribution in [0, 0.1) is 11.2 Å². The van der Waals surface area contributed by atoms with Gasteiger partial charge in [0.1, 0.15) is 11.7 Å².